The van der Waals surface area contributed by atoms with Crippen LogP contribution in [-0.4, -0.2) is 10.7 Å². The van der Waals surface area contributed by atoms with E-state index in [1.807, 2.05) is 0 Å². The van der Waals surface area contributed by atoms with Crippen molar-refractivity contribution >= 4 is 49.6 Å². The molecule has 1 aromatic heterocycles. The van der Waals surface area contributed by atoms with Gasteiger partial charge in [-0.15, -0.1) is 0 Å². The summed E-state index contributed by atoms with van der Waals surface area (Å²) in [5.74, 6) is 1.16. The fraction of sp³-hybridized carbons (Fsp3) is 0.0435. The molecule has 1 aliphatic carbocycles. The lowest BCUT2D eigenvalue weighted by Gasteiger charge is -2.27. The fourth-order valence-corrected chi connectivity index (χ4v) is 7.84. The zero-order chi connectivity index (χ0) is 32.3. The number of rotatable bonds is 5. The van der Waals surface area contributed by atoms with Gasteiger partial charge in [0.2, 0.25) is 0 Å². The molecule has 49 heavy (non-hydrogen) atoms. The SMILES string of the molecule is C1=CC2Oc3ccc(N(c4cccc(-c5ccccc5)c4)c4ccc5c(c4)c4c6ccccc6ccc4n5-c4ccccc4)cc3C2C=C1. The summed E-state index contributed by atoms with van der Waals surface area (Å²) in [5.41, 5.74) is 10.4. The van der Waals surface area contributed by atoms with E-state index in [2.05, 4.69) is 191 Å². The average Bonchev–Trinajstić information content (AvgIpc) is 3.71. The molecule has 8 aromatic rings. The molecule has 0 radical (unpaired) electrons. The van der Waals surface area contributed by atoms with Crippen LogP contribution in [0.4, 0.5) is 17.1 Å². The predicted molar refractivity (Wildman–Crippen MR) is 204 cm³/mol. The maximum atomic E-state index is 6.37. The normalized spacial score (nSPS) is 16.2. The Morgan fingerprint density at radius 1 is 0.510 bits per heavy atom. The van der Waals surface area contributed by atoms with Gasteiger partial charge in [-0.3, -0.25) is 0 Å². The van der Waals surface area contributed by atoms with Gasteiger partial charge in [0.25, 0.3) is 0 Å². The Bertz CT molecular complexity index is 2600. The number of allylic oxidation sites excluding steroid dienone is 2. The number of hydrogen-bond donors (Lipinski definition) is 0. The lowest BCUT2D eigenvalue weighted by Crippen LogP contribution is -2.15. The van der Waals surface area contributed by atoms with Gasteiger partial charge < -0.3 is 14.2 Å². The maximum Gasteiger partial charge on any atom is 0.128 e. The number of nitrogens with zero attached hydrogens (tertiary/aromatic N) is 2. The van der Waals surface area contributed by atoms with Crippen LogP contribution in [0.2, 0.25) is 0 Å². The zero-order valence-electron chi connectivity index (χ0n) is 26.8. The minimum absolute atomic E-state index is 0.0406. The summed E-state index contributed by atoms with van der Waals surface area (Å²) in [6.45, 7) is 0. The molecule has 0 saturated heterocycles. The number of ether oxygens (including phenoxy) is 1. The summed E-state index contributed by atoms with van der Waals surface area (Å²) < 4.78 is 8.77. The Morgan fingerprint density at radius 2 is 1.22 bits per heavy atom. The van der Waals surface area contributed by atoms with Crippen LogP contribution < -0.4 is 9.64 Å². The summed E-state index contributed by atoms with van der Waals surface area (Å²) in [6, 6.07) is 57.1. The highest BCUT2D eigenvalue weighted by molar-refractivity contribution is 6.22. The first-order valence-corrected chi connectivity index (χ1v) is 16.9. The molecule has 2 unspecified atom stereocenters. The van der Waals surface area contributed by atoms with Crippen molar-refractivity contribution in [1.29, 1.82) is 0 Å². The highest BCUT2D eigenvalue weighted by atomic mass is 16.5. The first-order valence-electron chi connectivity index (χ1n) is 16.9. The fourth-order valence-electron chi connectivity index (χ4n) is 7.84. The molecule has 3 nitrogen and oxygen atoms in total. The minimum atomic E-state index is 0.0406. The first kappa shape index (κ1) is 27.8. The summed E-state index contributed by atoms with van der Waals surface area (Å²) in [5, 5.41) is 4.98. The van der Waals surface area contributed by atoms with Crippen molar-refractivity contribution in [2.45, 2.75) is 12.0 Å². The molecule has 2 heterocycles. The Hall–Kier alpha value is -6.32. The van der Waals surface area contributed by atoms with E-state index in [-0.39, 0.29) is 12.0 Å². The van der Waals surface area contributed by atoms with Gasteiger partial charge in [0.1, 0.15) is 11.9 Å². The molecule has 0 saturated carbocycles. The summed E-state index contributed by atoms with van der Waals surface area (Å²) in [6.07, 6.45) is 8.68. The third-order valence-corrected chi connectivity index (χ3v) is 10.1. The van der Waals surface area contributed by atoms with Crippen molar-refractivity contribution in [2.75, 3.05) is 4.90 Å². The molecule has 232 valence electrons. The van der Waals surface area contributed by atoms with Crippen molar-refractivity contribution in [1.82, 2.24) is 4.57 Å². The van der Waals surface area contributed by atoms with Crippen LogP contribution in [0.1, 0.15) is 11.5 Å². The van der Waals surface area contributed by atoms with Crippen molar-refractivity contribution < 1.29 is 4.74 Å². The van der Waals surface area contributed by atoms with Crippen LogP contribution in [-0.2, 0) is 0 Å². The standard InChI is InChI=1S/C46H32N2O/c1-3-12-31(13-4-1)33-15-11-18-35(28-33)47(37-24-27-45-40(29-37)39-20-9-10-21-44(39)49-45)36-23-26-42-41(30-36)46-38-19-8-7-14-32(38)22-25-43(46)48(42)34-16-5-2-6-17-34/h1-30,39,44H. The molecular formula is C46H32N2O. The van der Waals surface area contributed by atoms with Crippen LogP contribution in [0.15, 0.2) is 182 Å². The number of benzene rings is 7. The molecule has 2 aliphatic rings. The molecule has 0 fully saturated rings. The lowest BCUT2D eigenvalue weighted by molar-refractivity contribution is 0.269. The van der Waals surface area contributed by atoms with Crippen LogP contribution in [0, 0.1) is 0 Å². The molecule has 0 N–H and O–H groups in total. The predicted octanol–water partition coefficient (Wildman–Crippen LogP) is 12.0. The molecule has 2 atom stereocenters. The Balaban J connectivity index is 1.23. The average molecular weight is 629 g/mol. The molecule has 0 bridgehead atoms. The number of fused-ring (bicyclic) bond motifs is 8. The van der Waals surface area contributed by atoms with Crippen LogP contribution >= 0.6 is 0 Å². The molecular weight excluding hydrogens is 597 g/mol. The van der Waals surface area contributed by atoms with Gasteiger partial charge in [-0.05, 0) is 94.7 Å². The smallest absolute Gasteiger partial charge is 0.128 e. The van der Waals surface area contributed by atoms with E-state index < -0.39 is 0 Å². The van der Waals surface area contributed by atoms with E-state index in [1.54, 1.807) is 0 Å². The van der Waals surface area contributed by atoms with E-state index in [0.717, 1.165) is 28.5 Å². The summed E-state index contributed by atoms with van der Waals surface area (Å²) >= 11 is 0. The van der Waals surface area contributed by atoms with E-state index in [0.29, 0.717) is 0 Å². The topological polar surface area (TPSA) is 17.4 Å². The highest BCUT2D eigenvalue weighted by Crippen LogP contribution is 2.47. The number of aromatic nitrogens is 1. The number of anilines is 3. The summed E-state index contributed by atoms with van der Waals surface area (Å²) in [7, 11) is 0. The minimum Gasteiger partial charge on any atom is -0.485 e. The largest absolute Gasteiger partial charge is 0.485 e. The van der Waals surface area contributed by atoms with Crippen LogP contribution in [0.5, 0.6) is 5.75 Å². The second kappa shape index (κ2) is 11.1. The number of para-hydroxylation sites is 1. The lowest BCUT2D eigenvalue weighted by atomic mass is 9.91. The Labute approximate surface area is 285 Å². The molecule has 1 aliphatic heterocycles. The third kappa shape index (κ3) is 4.51. The first-order chi connectivity index (χ1) is 24.3. The van der Waals surface area contributed by atoms with Gasteiger partial charge in [0.15, 0.2) is 0 Å². The van der Waals surface area contributed by atoms with Gasteiger partial charge in [0.05, 0.1) is 11.0 Å². The third-order valence-electron chi connectivity index (χ3n) is 10.1. The van der Waals surface area contributed by atoms with Gasteiger partial charge in [0, 0.05) is 45.0 Å². The molecule has 3 heteroatoms. The molecule has 0 amide bonds. The maximum absolute atomic E-state index is 6.37. The van der Waals surface area contributed by atoms with Gasteiger partial charge in [-0.1, -0.05) is 109 Å². The molecule has 0 spiro atoms. The van der Waals surface area contributed by atoms with E-state index >= 15 is 0 Å². The van der Waals surface area contributed by atoms with Crippen LogP contribution in [0.3, 0.4) is 0 Å². The quantitative estimate of drug-likeness (QED) is 0.189. The Kier molecular flexibility index (Phi) is 6.31. The monoisotopic (exact) mass is 628 g/mol. The van der Waals surface area contributed by atoms with Crippen molar-refractivity contribution in [3.8, 4) is 22.6 Å². The van der Waals surface area contributed by atoms with Crippen LogP contribution in [0.25, 0.3) is 49.4 Å². The van der Waals surface area contributed by atoms with Gasteiger partial charge >= 0.3 is 0 Å². The second-order valence-electron chi connectivity index (χ2n) is 12.9. The Morgan fingerprint density at radius 3 is 2.12 bits per heavy atom. The van der Waals surface area contributed by atoms with Gasteiger partial charge in [-0.25, -0.2) is 0 Å². The van der Waals surface area contributed by atoms with Crippen molar-refractivity contribution in [2.24, 2.45) is 0 Å². The van der Waals surface area contributed by atoms with E-state index in [4.69, 9.17) is 4.74 Å². The number of hydrogen-bond acceptors (Lipinski definition) is 2. The van der Waals surface area contributed by atoms with Gasteiger partial charge in [-0.2, -0.15) is 0 Å². The van der Waals surface area contributed by atoms with Crippen molar-refractivity contribution in [3.63, 3.8) is 0 Å². The zero-order valence-corrected chi connectivity index (χ0v) is 26.8. The molecule has 7 aromatic carbocycles. The summed E-state index contributed by atoms with van der Waals surface area (Å²) in [4.78, 5) is 2.40. The highest BCUT2D eigenvalue weighted by Gasteiger charge is 2.33. The second-order valence-corrected chi connectivity index (χ2v) is 12.9. The van der Waals surface area contributed by atoms with E-state index in [1.165, 1.54) is 49.3 Å². The van der Waals surface area contributed by atoms with E-state index in [9.17, 15) is 0 Å². The molecule has 10 rings (SSSR count). The van der Waals surface area contributed by atoms with Crippen molar-refractivity contribution in [3.05, 3.63) is 188 Å².